The summed E-state index contributed by atoms with van der Waals surface area (Å²) in [6.45, 7) is 0.294. The third-order valence-corrected chi connectivity index (χ3v) is 6.28. The maximum Gasteiger partial charge on any atom is 0.255 e. The van der Waals surface area contributed by atoms with Gasteiger partial charge >= 0.3 is 0 Å². The number of nitrogens with zero attached hydrogens (tertiary/aromatic N) is 2. The number of carbonyl (C=O) groups excluding carboxylic acids is 2. The Morgan fingerprint density at radius 2 is 1.82 bits per heavy atom. The smallest absolute Gasteiger partial charge is 0.255 e. The number of halogens is 2. The lowest BCUT2D eigenvalue weighted by atomic mass is 9.93. The van der Waals surface area contributed by atoms with Gasteiger partial charge in [0.25, 0.3) is 5.91 Å². The number of carbonyl (C=O) groups is 2. The van der Waals surface area contributed by atoms with E-state index in [1.807, 2.05) is 0 Å². The average molecular weight is 467 g/mol. The van der Waals surface area contributed by atoms with Gasteiger partial charge in [0.1, 0.15) is 5.82 Å². The first-order valence-electron chi connectivity index (χ1n) is 10.6. The SMILES string of the molecule is CN(CC(N)c1ccc(C(=O)Nc2ccncc2)cc1)C(=O)C1(c2ccc(F)cc2Cl)CC1. The van der Waals surface area contributed by atoms with Crippen LogP contribution in [0.2, 0.25) is 5.02 Å². The zero-order valence-electron chi connectivity index (χ0n) is 18.1. The van der Waals surface area contributed by atoms with Gasteiger partial charge in [-0.05, 0) is 60.4 Å². The van der Waals surface area contributed by atoms with Gasteiger partial charge in [0, 0.05) is 48.3 Å². The second-order valence-corrected chi connectivity index (χ2v) is 8.72. The molecule has 0 spiro atoms. The van der Waals surface area contributed by atoms with E-state index in [0.29, 0.717) is 36.2 Å². The molecule has 3 aromatic rings. The largest absolute Gasteiger partial charge is 0.343 e. The summed E-state index contributed by atoms with van der Waals surface area (Å²) in [6.07, 6.45) is 4.53. The van der Waals surface area contributed by atoms with Crippen molar-refractivity contribution in [3.8, 4) is 0 Å². The molecule has 2 amide bonds. The van der Waals surface area contributed by atoms with Crippen molar-refractivity contribution in [2.45, 2.75) is 24.3 Å². The Hall–Kier alpha value is -3.29. The van der Waals surface area contributed by atoms with Crippen LogP contribution < -0.4 is 11.1 Å². The molecule has 0 saturated heterocycles. The number of benzene rings is 2. The molecule has 6 nitrogen and oxygen atoms in total. The second-order valence-electron chi connectivity index (χ2n) is 8.31. The molecule has 0 radical (unpaired) electrons. The molecule has 3 N–H and O–H groups in total. The van der Waals surface area contributed by atoms with Crippen LogP contribution in [-0.4, -0.2) is 35.3 Å². The van der Waals surface area contributed by atoms with E-state index in [4.69, 9.17) is 17.3 Å². The zero-order valence-corrected chi connectivity index (χ0v) is 18.8. The van der Waals surface area contributed by atoms with Crippen molar-refractivity contribution in [1.82, 2.24) is 9.88 Å². The molecule has 1 heterocycles. The van der Waals surface area contributed by atoms with Gasteiger partial charge in [0.2, 0.25) is 5.91 Å². The van der Waals surface area contributed by atoms with E-state index in [1.54, 1.807) is 66.8 Å². The van der Waals surface area contributed by atoms with Crippen molar-refractivity contribution >= 4 is 29.1 Å². The van der Waals surface area contributed by atoms with Crippen molar-refractivity contribution < 1.29 is 14.0 Å². The number of anilines is 1. The molecule has 2 aromatic carbocycles. The fraction of sp³-hybridized carbons (Fsp3) is 0.240. The van der Waals surface area contributed by atoms with Gasteiger partial charge in [0.05, 0.1) is 5.41 Å². The number of pyridine rings is 1. The third kappa shape index (κ3) is 4.89. The third-order valence-electron chi connectivity index (χ3n) is 5.96. The van der Waals surface area contributed by atoms with Gasteiger partial charge in [-0.1, -0.05) is 29.8 Å². The van der Waals surface area contributed by atoms with Crippen molar-refractivity contribution in [3.63, 3.8) is 0 Å². The maximum absolute atomic E-state index is 13.4. The van der Waals surface area contributed by atoms with Crippen LogP contribution in [0.4, 0.5) is 10.1 Å². The Kier molecular flexibility index (Phi) is 6.44. The topological polar surface area (TPSA) is 88.3 Å². The maximum atomic E-state index is 13.4. The Bertz CT molecular complexity index is 1170. The number of nitrogens with one attached hydrogen (secondary N) is 1. The lowest BCUT2D eigenvalue weighted by Crippen LogP contribution is -2.40. The Labute approximate surface area is 196 Å². The molecule has 1 atom stereocenters. The molecule has 33 heavy (non-hydrogen) atoms. The van der Waals surface area contributed by atoms with E-state index in [9.17, 15) is 14.0 Å². The van der Waals surface area contributed by atoms with E-state index >= 15 is 0 Å². The molecule has 0 aliphatic heterocycles. The highest BCUT2D eigenvalue weighted by molar-refractivity contribution is 6.32. The fourth-order valence-corrected chi connectivity index (χ4v) is 4.32. The number of rotatable bonds is 7. The van der Waals surface area contributed by atoms with E-state index < -0.39 is 17.3 Å². The molecule has 8 heteroatoms. The van der Waals surface area contributed by atoms with Crippen LogP contribution in [0.3, 0.4) is 0 Å². The van der Waals surface area contributed by atoms with Crippen LogP contribution in [0.15, 0.2) is 67.0 Å². The van der Waals surface area contributed by atoms with Crippen molar-refractivity contribution in [2.75, 3.05) is 18.9 Å². The van der Waals surface area contributed by atoms with Gasteiger partial charge in [-0.25, -0.2) is 4.39 Å². The summed E-state index contributed by atoms with van der Waals surface area (Å²) in [5.74, 6) is -0.749. The molecule has 1 aromatic heterocycles. The summed E-state index contributed by atoms with van der Waals surface area (Å²) in [4.78, 5) is 31.1. The summed E-state index contributed by atoms with van der Waals surface area (Å²) in [5, 5.41) is 3.07. The predicted octanol–water partition coefficient (Wildman–Crippen LogP) is 4.32. The molecule has 0 bridgehead atoms. The Balaban J connectivity index is 1.40. The minimum absolute atomic E-state index is 0.0835. The van der Waals surface area contributed by atoms with Crippen molar-refractivity contribution in [1.29, 1.82) is 0 Å². The van der Waals surface area contributed by atoms with Gasteiger partial charge in [-0.15, -0.1) is 0 Å². The molecular formula is C25H24ClFN4O2. The predicted molar refractivity (Wildman–Crippen MR) is 126 cm³/mol. The van der Waals surface area contributed by atoms with Gasteiger partial charge in [0.15, 0.2) is 0 Å². The van der Waals surface area contributed by atoms with E-state index in [-0.39, 0.29) is 16.8 Å². The van der Waals surface area contributed by atoms with E-state index in [2.05, 4.69) is 10.3 Å². The van der Waals surface area contributed by atoms with Crippen molar-refractivity contribution in [3.05, 3.63) is 94.5 Å². The number of amides is 2. The lowest BCUT2D eigenvalue weighted by Gasteiger charge is -2.27. The minimum Gasteiger partial charge on any atom is -0.343 e. The molecular weight excluding hydrogens is 443 g/mol. The van der Waals surface area contributed by atoms with Gasteiger partial charge in [-0.2, -0.15) is 0 Å². The highest BCUT2D eigenvalue weighted by Crippen LogP contribution is 2.51. The van der Waals surface area contributed by atoms with Crippen LogP contribution in [0.25, 0.3) is 0 Å². The van der Waals surface area contributed by atoms with Crippen LogP contribution >= 0.6 is 11.6 Å². The molecule has 1 saturated carbocycles. The summed E-state index contributed by atoms with van der Waals surface area (Å²) >= 11 is 6.22. The minimum atomic E-state index is -0.714. The lowest BCUT2D eigenvalue weighted by molar-refractivity contribution is -0.132. The van der Waals surface area contributed by atoms with Crippen LogP contribution in [0, 0.1) is 5.82 Å². The quantitative estimate of drug-likeness (QED) is 0.543. The normalized spacial score (nSPS) is 14.9. The average Bonchev–Trinajstić information content (AvgIpc) is 3.61. The van der Waals surface area contributed by atoms with Gasteiger partial charge < -0.3 is 16.0 Å². The molecule has 4 rings (SSSR count). The summed E-state index contributed by atoms with van der Waals surface area (Å²) in [7, 11) is 1.70. The fourth-order valence-electron chi connectivity index (χ4n) is 3.97. The number of nitrogens with two attached hydrogens (primary N) is 1. The monoisotopic (exact) mass is 466 g/mol. The van der Waals surface area contributed by atoms with Crippen LogP contribution in [0.5, 0.6) is 0 Å². The first-order chi connectivity index (χ1) is 15.8. The number of hydrogen-bond donors (Lipinski definition) is 2. The molecule has 1 aliphatic carbocycles. The van der Waals surface area contributed by atoms with Crippen molar-refractivity contribution in [2.24, 2.45) is 5.73 Å². The molecule has 1 aliphatic rings. The second kappa shape index (κ2) is 9.29. The summed E-state index contributed by atoms with van der Waals surface area (Å²) < 4.78 is 13.4. The summed E-state index contributed by atoms with van der Waals surface area (Å²) in [6, 6.07) is 14.1. The van der Waals surface area contributed by atoms with Gasteiger partial charge in [-0.3, -0.25) is 14.6 Å². The molecule has 1 fully saturated rings. The van der Waals surface area contributed by atoms with Crippen LogP contribution in [-0.2, 0) is 10.2 Å². The highest BCUT2D eigenvalue weighted by atomic mass is 35.5. The Morgan fingerprint density at radius 1 is 1.15 bits per heavy atom. The zero-order chi connectivity index (χ0) is 23.6. The highest BCUT2D eigenvalue weighted by Gasteiger charge is 2.53. The number of aromatic nitrogens is 1. The standard InChI is InChI=1S/C25H24ClFN4O2/c1-31(24(33)25(10-11-25)20-7-6-18(27)14-21(20)26)15-22(28)16-2-4-17(5-3-16)23(32)30-19-8-12-29-13-9-19/h2-9,12-14,22H,10-11,15,28H2,1H3,(H,29,30,32). The van der Waals surface area contributed by atoms with E-state index in [1.165, 1.54) is 12.1 Å². The number of likely N-dealkylation sites (N-methyl/N-ethyl adjacent to an activating group) is 1. The number of hydrogen-bond acceptors (Lipinski definition) is 4. The van der Waals surface area contributed by atoms with E-state index in [0.717, 1.165) is 5.56 Å². The molecule has 170 valence electrons. The Morgan fingerprint density at radius 3 is 2.42 bits per heavy atom. The first-order valence-corrected chi connectivity index (χ1v) is 11.0. The summed E-state index contributed by atoms with van der Waals surface area (Å²) in [5.41, 5.74) is 8.26. The molecule has 1 unspecified atom stereocenters. The van der Waals surface area contributed by atoms with Crippen LogP contribution in [0.1, 0.15) is 40.4 Å². The first kappa shape index (κ1) is 22.9.